The van der Waals surface area contributed by atoms with Crippen LogP contribution in [-0.4, -0.2) is 18.3 Å². The van der Waals surface area contributed by atoms with Crippen LogP contribution in [0.25, 0.3) is 152 Å². The highest BCUT2D eigenvalue weighted by Crippen LogP contribution is 2.56. The quantitative estimate of drug-likeness (QED) is 0.144. The number of aromatic nitrogens is 4. The molecule has 5 aromatic carbocycles. The lowest BCUT2D eigenvalue weighted by Crippen LogP contribution is -1.87. The van der Waals surface area contributed by atoms with Crippen LogP contribution in [0.2, 0.25) is 0 Å². The van der Waals surface area contributed by atoms with Crippen LogP contribution in [-0.2, 0) is 28.2 Å². The summed E-state index contributed by atoms with van der Waals surface area (Å²) in [5.41, 5.74) is 16.4. The molecule has 12 aromatic heterocycles. The number of nitrogens with zero attached hydrogens (tertiary/aromatic N) is 4. The van der Waals surface area contributed by atoms with Crippen LogP contribution >= 0.6 is 90.7 Å². The first-order valence-electron chi connectivity index (χ1n) is 22.7. The minimum Gasteiger partial charge on any atom is -0.342 e. The van der Waals surface area contributed by atoms with E-state index in [0.717, 1.165) is 0 Å². The lowest BCUT2D eigenvalue weighted by atomic mass is 10.2. The van der Waals surface area contributed by atoms with Crippen molar-refractivity contribution >= 4 is 242 Å². The molecule has 0 aliphatic rings. The van der Waals surface area contributed by atoms with Gasteiger partial charge in [-0.05, 0) is 86.3 Å². The molecule has 0 aliphatic heterocycles. The number of aryl methyl sites for hydroxylation is 8. The van der Waals surface area contributed by atoms with Crippen LogP contribution in [0, 0.1) is 27.7 Å². The van der Waals surface area contributed by atoms with Gasteiger partial charge in [-0.2, -0.15) is 0 Å². The summed E-state index contributed by atoms with van der Waals surface area (Å²) in [6.07, 6.45) is 0. The zero-order chi connectivity index (χ0) is 45.5. The van der Waals surface area contributed by atoms with Crippen LogP contribution in [0.5, 0.6) is 0 Å². The first-order chi connectivity index (χ1) is 33.0. The third-order valence-corrected chi connectivity index (χ3v) is 25.2. The molecule has 0 fully saturated rings. The molecule has 17 aromatic rings. The Morgan fingerprint density at radius 2 is 0.544 bits per heavy atom. The molecule has 0 unspecified atom stereocenters. The van der Waals surface area contributed by atoms with E-state index < -0.39 is 0 Å². The van der Waals surface area contributed by atoms with E-state index in [-0.39, 0.29) is 0 Å². The van der Waals surface area contributed by atoms with Gasteiger partial charge in [-0.1, -0.05) is 48.5 Å². The molecule has 330 valence electrons. The summed E-state index contributed by atoms with van der Waals surface area (Å²) in [6, 6.07) is 32.4. The summed E-state index contributed by atoms with van der Waals surface area (Å²) in [5, 5.41) is 8.32. The average Bonchev–Trinajstić information content (AvgIpc) is 4.18. The number of fused-ring (bicyclic) bond motifs is 27. The van der Waals surface area contributed by atoms with Gasteiger partial charge < -0.3 is 18.3 Å². The number of benzene rings is 5. The molecule has 0 amide bonds. The zero-order valence-corrected chi connectivity index (χ0v) is 44.7. The van der Waals surface area contributed by atoms with E-state index in [1.54, 1.807) is 0 Å². The molecule has 12 heteroatoms. The zero-order valence-electron chi connectivity index (χ0n) is 38.1. The third kappa shape index (κ3) is 4.88. The van der Waals surface area contributed by atoms with E-state index in [0.29, 0.717) is 0 Å². The molecule has 12 heterocycles. The van der Waals surface area contributed by atoms with Crippen molar-refractivity contribution < 1.29 is 0 Å². The van der Waals surface area contributed by atoms with Crippen LogP contribution in [0.4, 0.5) is 0 Å². The fraction of sp³-hybridized carbons (Fsp3) is 0.143. The van der Waals surface area contributed by atoms with E-state index >= 15 is 0 Å². The Bertz CT molecular complexity index is 4810. The Morgan fingerprint density at radius 3 is 0.941 bits per heavy atom. The van der Waals surface area contributed by atoms with Crippen LogP contribution < -0.4 is 0 Å². The molecule has 0 saturated heterocycles. The first-order valence-corrected chi connectivity index (χ1v) is 29.2. The van der Waals surface area contributed by atoms with Gasteiger partial charge in [0.2, 0.25) is 0 Å². The molecule has 0 atom stereocenters. The van der Waals surface area contributed by atoms with E-state index in [1.807, 2.05) is 90.7 Å². The Hall–Kier alpha value is -5.28. The standard InChI is InChI=1S/C30H20N2S4.C26H18N2S4/c1-13-5-7-15-19(9-13)33-27-23(15)31(3)25-17-11-22-18(12-21(17)35-29(25)27)26-30(36-22)28-24(32(26)4)16-8-6-14(2)10-20(16)34-28;1-11-5-7-13-15(9-11)27(3)17-19(13)29-23-21(17)31-26-24-22(32-25(23)26)18-20(30-24)14-8-6-12(2)10-16(14)28(18)4/h5-12H,1-4H3;5-10H,1-4H3. The van der Waals surface area contributed by atoms with Crippen molar-refractivity contribution in [3.05, 3.63) is 107 Å². The predicted octanol–water partition coefficient (Wildman–Crippen LogP) is 19.8. The van der Waals surface area contributed by atoms with E-state index in [2.05, 4.69) is 159 Å². The highest BCUT2D eigenvalue weighted by atomic mass is 32.1. The summed E-state index contributed by atoms with van der Waals surface area (Å²) in [6.45, 7) is 8.73. The van der Waals surface area contributed by atoms with Crippen LogP contribution in [0.1, 0.15) is 22.3 Å². The maximum atomic E-state index is 2.47. The van der Waals surface area contributed by atoms with Gasteiger partial charge in [0.05, 0.1) is 89.5 Å². The second kappa shape index (κ2) is 13.3. The van der Waals surface area contributed by atoms with Crippen LogP contribution in [0.3, 0.4) is 0 Å². The maximum Gasteiger partial charge on any atom is 0.0780 e. The van der Waals surface area contributed by atoms with Gasteiger partial charge in [-0.15, -0.1) is 90.7 Å². The fourth-order valence-electron chi connectivity index (χ4n) is 11.5. The molecule has 0 saturated carbocycles. The van der Waals surface area contributed by atoms with Gasteiger partial charge in [-0.3, -0.25) is 0 Å². The van der Waals surface area contributed by atoms with Crippen molar-refractivity contribution in [3.63, 3.8) is 0 Å². The summed E-state index contributed by atoms with van der Waals surface area (Å²) in [7, 11) is 8.96. The Balaban J connectivity index is 0.000000120. The van der Waals surface area contributed by atoms with Crippen molar-refractivity contribution in [3.8, 4) is 0 Å². The highest BCUT2D eigenvalue weighted by Gasteiger charge is 2.26. The van der Waals surface area contributed by atoms with E-state index in [9.17, 15) is 0 Å². The first kappa shape index (κ1) is 39.6. The summed E-state index contributed by atoms with van der Waals surface area (Å²) >= 11 is 15.8. The second-order valence-corrected chi connectivity index (χ2v) is 27.3. The molecular weight excluding hydrogens is 985 g/mol. The van der Waals surface area contributed by atoms with E-state index in [1.165, 1.54) is 174 Å². The van der Waals surface area contributed by atoms with Crippen molar-refractivity contribution in [1.82, 2.24) is 18.3 Å². The highest BCUT2D eigenvalue weighted by molar-refractivity contribution is 7.47. The molecule has 4 nitrogen and oxygen atoms in total. The van der Waals surface area contributed by atoms with Crippen molar-refractivity contribution in [2.45, 2.75) is 27.7 Å². The lowest BCUT2D eigenvalue weighted by Gasteiger charge is -2.01. The van der Waals surface area contributed by atoms with E-state index in [4.69, 9.17) is 0 Å². The molecule has 0 spiro atoms. The third-order valence-electron chi connectivity index (χ3n) is 14.7. The summed E-state index contributed by atoms with van der Waals surface area (Å²) in [4.78, 5) is 0. The molecule has 17 rings (SSSR count). The monoisotopic (exact) mass is 1020 g/mol. The number of hydrogen-bond acceptors (Lipinski definition) is 8. The maximum absolute atomic E-state index is 2.47. The largest absolute Gasteiger partial charge is 0.342 e. The topological polar surface area (TPSA) is 19.7 Å². The van der Waals surface area contributed by atoms with Crippen molar-refractivity contribution in [1.29, 1.82) is 0 Å². The Labute approximate surface area is 419 Å². The van der Waals surface area contributed by atoms with Crippen molar-refractivity contribution in [2.24, 2.45) is 28.2 Å². The summed E-state index contributed by atoms with van der Waals surface area (Å²) < 4.78 is 32.7. The second-order valence-electron chi connectivity index (χ2n) is 19.0. The Morgan fingerprint density at radius 1 is 0.250 bits per heavy atom. The molecule has 0 aliphatic carbocycles. The number of rotatable bonds is 0. The molecular formula is C56H38N4S8. The van der Waals surface area contributed by atoms with Gasteiger partial charge in [-0.25, -0.2) is 0 Å². The molecule has 0 bridgehead atoms. The lowest BCUT2D eigenvalue weighted by molar-refractivity contribution is 1.02. The number of thiophene rings is 8. The van der Waals surface area contributed by atoms with Gasteiger partial charge in [0, 0.05) is 90.3 Å². The predicted molar refractivity (Wildman–Crippen MR) is 313 cm³/mol. The SMILES string of the molecule is Cc1ccc2c(c1)sc1c3sc4cc5c(cc4c3n(C)c21)sc1c2sc3cc(C)ccc3c2n(C)c51.Cc1ccc2c3sc4c5sc6c(sc7c8ccc(C)cc8n(C)c76)c5sc4c3n(C)c2c1. The normalized spacial score (nSPS) is 13.0. The Kier molecular flexibility index (Phi) is 7.75. The van der Waals surface area contributed by atoms with Gasteiger partial charge in [0.15, 0.2) is 0 Å². The van der Waals surface area contributed by atoms with Gasteiger partial charge in [0.1, 0.15) is 0 Å². The molecule has 68 heavy (non-hydrogen) atoms. The molecule has 0 radical (unpaired) electrons. The summed E-state index contributed by atoms with van der Waals surface area (Å²) in [5.74, 6) is 0. The fourth-order valence-corrected chi connectivity index (χ4v) is 23.3. The van der Waals surface area contributed by atoms with Gasteiger partial charge in [0.25, 0.3) is 0 Å². The number of hydrogen-bond donors (Lipinski definition) is 0. The van der Waals surface area contributed by atoms with Gasteiger partial charge >= 0.3 is 0 Å². The minimum absolute atomic E-state index is 1.32. The average molecular weight is 1020 g/mol. The smallest absolute Gasteiger partial charge is 0.0780 e. The minimum atomic E-state index is 1.32. The molecule has 0 N–H and O–H groups in total. The van der Waals surface area contributed by atoms with Crippen molar-refractivity contribution in [2.75, 3.05) is 0 Å². The van der Waals surface area contributed by atoms with Crippen LogP contribution in [0.15, 0.2) is 84.9 Å².